The number of unbranched alkanes of at least 4 members (excludes halogenated alkanes) is 9. The van der Waals surface area contributed by atoms with Crippen LogP contribution in [0.4, 0.5) is 0 Å². The van der Waals surface area contributed by atoms with Gasteiger partial charge in [0.2, 0.25) is 0 Å². The SMILES string of the molecule is C=CC(=O)Oc1ccccc1CCC=CCCCCCCCCCCC. The van der Waals surface area contributed by atoms with E-state index in [4.69, 9.17) is 4.74 Å². The second kappa shape index (κ2) is 15.4. The number of carbonyl (C=O) groups excluding carboxylic acids is 1. The van der Waals surface area contributed by atoms with Gasteiger partial charge in [-0.3, -0.25) is 0 Å². The van der Waals surface area contributed by atoms with Crippen molar-refractivity contribution in [2.45, 2.75) is 84.0 Å². The molecular weight excluding hydrogens is 320 g/mol. The first-order valence-electron chi connectivity index (χ1n) is 10.3. The van der Waals surface area contributed by atoms with Crippen molar-refractivity contribution in [3.05, 3.63) is 54.6 Å². The number of allylic oxidation sites excluding steroid dienone is 2. The van der Waals surface area contributed by atoms with Gasteiger partial charge in [0.15, 0.2) is 0 Å². The lowest BCUT2D eigenvalue weighted by Gasteiger charge is -2.07. The summed E-state index contributed by atoms with van der Waals surface area (Å²) in [6.45, 7) is 5.71. The minimum Gasteiger partial charge on any atom is -0.423 e. The van der Waals surface area contributed by atoms with E-state index in [-0.39, 0.29) is 0 Å². The summed E-state index contributed by atoms with van der Waals surface area (Å²) in [4.78, 5) is 11.4. The van der Waals surface area contributed by atoms with E-state index in [9.17, 15) is 4.79 Å². The molecule has 1 aromatic carbocycles. The summed E-state index contributed by atoms with van der Waals surface area (Å²) in [5, 5.41) is 0. The largest absolute Gasteiger partial charge is 0.423 e. The molecule has 0 fully saturated rings. The Morgan fingerprint density at radius 1 is 0.923 bits per heavy atom. The lowest BCUT2D eigenvalue weighted by molar-refractivity contribution is -0.129. The monoisotopic (exact) mass is 356 g/mol. The minimum absolute atomic E-state index is 0.404. The number of rotatable bonds is 15. The summed E-state index contributed by atoms with van der Waals surface area (Å²) in [6.07, 6.45) is 21.1. The molecule has 0 aliphatic carbocycles. The van der Waals surface area contributed by atoms with Crippen molar-refractivity contribution in [2.24, 2.45) is 0 Å². The number of carbonyl (C=O) groups is 1. The topological polar surface area (TPSA) is 26.3 Å². The predicted molar refractivity (Wildman–Crippen MR) is 112 cm³/mol. The average Bonchev–Trinajstić information content (AvgIpc) is 2.66. The first-order chi connectivity index (χ1) is 12.8. The second-order valence-electron chi connectivity index (χ2n) is 6.86. The van der Waals surface area contributed by atoms with E-state index >= 15 is 0 Å². The van der Waals surface area contributed by atoms with Crippen molar-refractivity contribution >= 4 is 5.97 Å². The van der Waals surface area contributed by atoms with Gasteiger partial charge in [-0.05, 0) is 37.3 Å². The zero-order chi connectivity index (χ0) is 18.9. The van der Waals surface area contributed by atoms with E-state index < -0.39 is 5.97 Å². The maximum Gasteiger partial charge on any atom is 0.335 e. The summed E-state index contributed by atoms with van der Waals surface area (Å²) in [5.41, 5.74) is 1.07. The molecule has 0 heterocycles. The number of benzene rings is 1. The van der Waals surface area contributed by atoms with Crippen molar-refractivity contribution in [1.29, 1.82) is 0 Å². The first kappa shape index (κ1) is 22.2. The molecule has 0 bridgehead atoms. The highest BCUT2D eigenvalue weighted by Crippen LogP contribution is 2.20. The van der Waals surface area contributed by atoms with Crippen molar-refractivity contribution < 1.29 is 9.53 Å². The van der Waals surface area contributed by atoms with Crippen LogP contribution in [0.2, 0.25) is 0 Å². The Labute approximate surface area is 160 Å². The highest BCUT2D eigenvalue weighted by molar-refractivity contribution is 5.83. The van der Waals surface area contributed by atoms with Crippen molar-refractivity contribution in [1.82, 2.24) is 0 Å². The Hall–Kier alpha value is -1.83. The Bertz CT molecular complexity index is 531. The molecule has 144 valence electrons. The van der Waals surface area contributed by atoms with Gasteiger partial charge >= 0.3 is 5.97 Å². The maximum atomic E-state index is 11.4. The van der Waals surface area contributed by atoms with Crippen LogP contribution >= 0.6 is 0 Å². The second-order valence-corrected chi connectivity index (χ2v) is 6.86. The Kier molecular flexibility index (Phi) is 13.2. The van der Waals surface area contributed by atoms with Crippen molar-refractivity contribution in [2.75, 3.05) is 0 Å². The van der Waals surface area contributed by atoms with Crippen LogP contribution in [0.3, 0.4) is 0 Å². The average molecular weight is 357 g/mol. The zero-order valence-electron chi connectivity index (χ0n) is 16.6. The van der Waals surface area contributed by atoms with Crippen LogP contribution in [0.5, 0.6) is 5.75 Å². The molecule has 0 aliphatic rings. The maximum absolute atomic E-state index is 11.4. The van der Waals surface area contributed by atoms with Gasteiger partial charge in [-0.25, -0.2) is 4.79 Å². The Morgan fingerprint density at radius 2 is 1.54 bits per heavy atom. The van der Waals surface area contributed by atoms with E-state index in [0.717, 1.165) is 18.4 Å². The molecular formula is C24H36O2. The minimum atomic E-state index is -0.404. The van der Waals surface area contributed by atoms with Crippen LogP contribution in [0.1, 0.15) is 83.1 Å². The fraction of sp³-hybridized carbons (Fsp3) is 0.542. The van der Waals surface area contributed by atoms with E-state index in [0.29, 0.717) is 5.75 Å². The molecule has 2 nitrogen and oxygen atoms in total. The molecule has 0 aromatic heterocycles. The third-order valence-electron chi connectivity index (χ3n) is 4.57. The third kappa shape index (κ3) is 10.9. The van der Waals surface area contributed by atoms with Gasteiger partial charge < -0.3 is 4.74 Å². The van der Waals surface area contributed by atoms with Crippen LogP contribution in [-0.4, -0.2) is 5.97 Å². The summed E-state index contributed by atoms with van der Waals surface area (Å²) in [7, 11) is 0. The summed E-state index contributed by atoms with van der Waals surface area (Å²) < 4.78 is 5.28. The molecule has 0 N–H and O–H groups in total. The summed E-state index contributed by atoms with van der Waals surface area (Å²) in [5.74, 6) is 0.239. The molecule has 1 rings (SSSR count). The summed E-state index contributed by atoms with van der Waals surface area (Å²) in [6, 6.07) is 7.71. The molecule has 0 amide bonds. The van der Waals surface area contributed by atoms with Gasteiger partial charge in [0, 0.05) is 6.08 Å². The van der Waals surface area contributed by atoms with Gasteiger partial charge in [-0.2, -0.15) is 0 Å². The number of hydrogen-bond acceptors (Lipinski definition) is 2. The molecule has 0 saturated heterocycles. The van der Waals surface area contributed by atoms with Gasteiger partial charge in [0.25, 0.3) is 0 Å². The standard InChI is InChI=1S/C24H36O2/c1-3-5-6-7-8-9-10-11-12-13-14-15-16-19-22-20-17-18-21-23(22)26-24(25)4-2/h4,14-15,17-18,20-21H,2-3,5-13,16,19H2,1H3. The van der Waals surface area contributed by atoms with Crippen LogP contribution in [-0.2, 0) is 11.2 Å². The fourth-order valence-corrected chi connectivity index (χ4v) is 3.01. The van der Waals surface area contributed by atoms with Crippen LogP contribution in [0, 0.1) is 0 Å². The van der Waals surface area contributed by atoms with E-state index in [1.54, 1.807) is 0 Å². The van der Waals surface area contributed by atoms with Crippen LogP contribution in [0.25, 0.3) is 0 Å². The Balaban J connectivity index is 2.09. The number of ether oxygens (including phenoxy) is 1. The Morgan fingerprint density at radius 3 is 2.23 bits per heavy atom. The molecule has 0 unspecified atom stereocenters. The van der Waals surface area contributed by atoms with Gasteiger partial charge in [0.05, 0.1) is 0 Å². The third-order valence-corrected chi connectivity index (χ3v) is 4.57. The normalized spacial score (nSPS) is 11.0. The molecule has 2 heteroatoms. The predicted octanol–water partition coefficient (Wildman–Crippen LogP) is 7.19. The fourth-order valence-electron chi connectivity index (χ4n) is 3.01. The van der Waals surface area contributed by atoms with Crippen LogP contribution in [0.15, 0.2) is 49.1 Å². The van der Waals surface area contributed by atoms with Crippen LogP contribution < -0.4 is 4.74 Å². The van der Waals surface area contributed by atoms with Gasteiger partial charge in [0.1, 0.15) is 5.75 Å². The molecule has 26 heavy (non-hydrogen) atoms. The van der Waals surface area contributed by atoms with Gasteiger partial charge in [-0.1, -0.05) is 95.2 Å². The zero-order valence-corrected chi connectivity index (χ0v) is 16.6. The van der Waals surface area contributed by atoms with Crippen molar-refractivity contribution in [3.8, 4) is 5.75 Å². The highest BCUT2D eigenvalue weighted by Gasteiger charge is 2.05. The quantitative estimate of drug-likeness (QED) is 0.109. The number of esters is 1. The molecule has 0 saturated carbocycles. The molecule has 0 aliphatic heterocycles. The van der Waals surface area contributed by atoms with Gasteiger partial charge in [-0.15, -0.1) is 0 Å². The highest BCUT2D eigenvalue weighted by atomic mass is 16.5. The molecule has 0 atom stereocenters. The van der Waals surface area contributed by atoms with Crippen molar-refractivity contribution in [3.63, 3.8) is 0 Å². The van der Waals surface area contributed by atoms with E-state index in [1.165, 1.54) is 70.3 Å². The number of aryl methyl sites for hydroxylation is 1. The lowest BCUT2D eigenvalue weighted by Crippen LogP contribution is -2.05. The summed E-state index contributed by atoms with van der Waals surface area (Å²) >= 11 is 0. The van der Waals surface area contributed by atoms with E-state index in [2.05, 4.69) is 25.7 Å². The molecule has 1 aromatic rings. The first-order valence-corrected chi connectivity index (χ1v) is 10.3. The molecule has 0 radical (unpaired) electrons. The lowest BCUT2D eigenvalue weighted by atomic mass is 10.1. The van der Waals surface area contributed by atoms with E-state index in [1.807, 2.05) is 24.3 Å². The number of hydrogen-bond donors (Lipinski definition) is 0. The smallest absolute Gasteiger partial charge is 0.335 e. The molecule has 0 spiro atoms. The number of para-hydroxylation sites is 1.